The molecule has 3 aliphatic rings. The summed E-state index contributed by atoms with van der Waals surface area (Å²) in [5.41, 5.74) is 0.721. The first-order chi connectivity index (χ1) is 20.4. The van der Waals surface area contributed by atoms with Crippen LogP contribution in [-0.4, -0.2) is 82.3 Å². The maximum absolute atomic E-state index is 13.6. The standard InChI is InChI=1S/C31H35N5O6/c1-20-15-32-36(16-20)28-13-27(24-9-8-22(40-2)11-25(24)33-28)42-23-12-26-30(39)34-31(19-37)14-21(31)7-5-3-4-6-10-41-18-29(38)35(26)17-23/h5,7-9,11,13,15-16,19,21,23,26H,3-4,6,10,12,14,17-18H2,1-2H3,(H,34,39)/b7-5-/t21-,23-,26+,31+/m1/s1. The minimum Gasteiger partial charge on any atom is -0.497 e. The van der Waals surface area contributed by atoms with Crippen LogP contribution in [0.2, 0.25) is 0 Å². The van der Waals surface area contributed by atoms with Crippen LogP contribution < -0.4 is 14.8 Å². The minimum atomic E-state index is -0.922. The summed E-state index contributed by atoms with van der Waals surface area (Å²) >= 11 is 0. The summed E-state index contributed by atoms with van der Waals surface area (Å²) in [4.78, 5) is 45.2. The number of carbonyl (C=O) groups excluding carboxylic acids is 3. The summed E-state index contributed by atoms with van der Waals surface area (Å²) in [5.74, 6) is 1.10. The molecule has 0 radical (unpaired) electrons. The van der Waals surface area contributed by atoms with Gasteiger partial charge in [0, 0.05) is 42.7 Å². The van der Waals surface area contributed by atoms with E-state index in [4.69, 9.17) is 19.2 Å². The Morgan fingerprint density at radius 2 is 2.10 bits per heavy atom. The molecule has 1 saturated heterocycles. The minimum absolute atomic E-state index is 0.0394. The molecule has 6 rings (SSSR count). The zero-order valence-electron chi connectivity index (χ0n) is 23.8. The highest BCUT2D eigenvalue weighted by Gasteiger charge is 2.55. The van der Waals surface area contributed by atoms with Gasteiger partial charge in [-0.2, -0.15) is 5.10 Å². The van der Waals surface area contributed by atoms with E-state index in [1.807, 2.05) is 43.5 Å². The van der Waals surface area contributed by atoms with Gasteiger partial charge in [-0.25, -0.2) is 9.67 Å². The van der Waals surface area contributed by atoms with Gasteiger partial charge in [0.25, 0.3) is 0 Å². The molecule has 1 N–H and O–H groups in total. The Bertz CT molecular complexity index is 1540. The molecule has 42 heavy (non-hydrogen) atoms. The van der Waals surface area contributed by atoms with Crippen LogP contribution in [0.15, 0.2) is 48.8 Å². The van der Waals surface area contributed by atoms with E-state index in [-0.39, 0.29) is 37.3 Å². The Morgan fingerprint density at radius 3 is 2.88 bits per heavy atom. The summed E-state index contributed by atoms with van der Waals surface area (Å²) in [7, 11) is 1.60. The van der Waals surface area contributed by atoms with Gasteiger partial charge in [-0.15, -0.1) is 0 Å². The molecule has 0 unspecified atom stereocenters. The molecular weight excluding hydrogens is 538 g/mol. The van der Waals surface area contributed by atoms with Crippen molar-refractivity contribution in [2.24, 2.45) is 5.92 Å². The van der Waals surface area contributed by atoms with Crippen LogP contribution in [0.5, 0.6) is 11.5 Å². The average Bonchev–Trinajstić information content (AvgIpc) is 3.27. The van der Waals surface area contributed by atoms with E-state index in [9.17, 15) is 14.4 Å². The van der Waals surface area contributed by atoms with Gasteiger partial charge < -0.3 is 29.2 Å². The fraction of sp³-hybridized carbons (Fsp3) is 0.452. The second-order valence-electron chi connectivity index (χ2n) is 11.3. The quantitative estimate of drug-likeness (QED) is 0.365. The molecule has 220 valence electrons. The number of nitrogens with one attached hydrogen (secondary N) is 1. The van der Waals surface area contributed by atoms with Crippen molar-refractivity contribution in [3.05, 3.63) is 54.4 Å². The summed E-state index contributed by atoms with van der Waals surface area (Å²) in [6, 6.07) is 6.56. The molecule has 2 aliphatic heterocycles. The molecule has 4 atom stereocenters. The number of amides is 2. The van der Waals surface area contributed by atoms with Crippen LogP contribution >= 0.6 is 0 Å². The van der Waals surface area contributed by atoms with Gasteiger partial charge in [-0.3, -0.25) is 9.59 Å². The number of benzene rings is 1. The highest BCUT2D eigenvalue weighted by Crippen LogP contribution is 2.43. The molecule has 1 saturated carbocycles. The van der Waals surface area contributed by atoms with E-state index < -0.39 is 17.7 Å². The Morgan fingerprint density at radius 1 is 1.21 bits per heavy atom. The molecule has 11 heteroatoms. The second kappa shape index (κ2) is 11.6. The van der Waals surface area contributed by atoms with E-state index in [1.54, 1.807) is 18.0 Å². The maximum Gasteiger partial charge on any atom is 0.249 e. The van der Waals surface area contributed by atoms with E-state index >= 15 is 0 Å². The van der Waals surface area contributed by atoms with Crippen molar-refractivity contribution in [2.75, 3.05) is 26.9 Å². The predicted octanol–water partition coefficient (Wildman–Crippen LogP) is 2.92. The van der Waals surface area contributed by atoms with Gasteiger partial charge in [0.2, 0.25) is 11.8 Å². The molecular formula is C31H35N5O6. The first-order valence-electron chi connectivity index (χ1n) is 14.4. The number of fused-ring (bicyclic) bond motifs is 3. The zero-order valence-corrected chi connectivity index (χ0v) is 23.8. The third kappa shape index (κ3) is 5.61. The molecule has 3 aromatic rings. The average molecular weight is 574 g/mol. The normalized spacial score (nSPS) is 27.3. The maximum atomic E-state index is 13.6. The summed E-state index contributed by atoms with van der Waals surface area (Å²) in [5, 5.41) is 8.12. The van der Waals surface area contributed by atoms with E-state index in [2.05, 4.69) is 16.5 Å². The number of aromatic nitrogens is 3. The molecule has 1 aliphatic carbocycles. The molecule has 0 spiro atoms. The predicted molar refractivity (Wildman–Crippen MR) is 154 cm³/mol. The number of ether oxygens (including phenoxy) is 3. The third-order valence-corrected chi connectivity index (χ3v) is 8.22. The van der Waals surface area contributed by atoms with Crippen molar-refractivity contribution in [1.29, 1.82) is 0 Å². The Labute approximate surface area is 243 Å². The molecule has 2 fully saturated rings. The molecule has 1 aromatic carbocycles. The summed E-state index contributed by atoms with van der Waals surface area (Å²) in [6.45, 7) is 2.50. The second-order valence-corrected chi connectivity index (χ2v) is 11.3. The van der Waals surface area contributed by atoms with Gasteiger partial charge in [-0.1, -0.05) is 12.2 Å². The number of hydrogen-bond donors (Lipinski definition) is 1. The Hall–Kier alpha value is -4.25. The lowest BCUT2D eigenvalue weighted by Gasteiger charge is -2.25. The van der Waals surface area contributed by atoms with Crippen LogP contribution in [0.3, 0.4) is 0 Å². The van der Waals surface area contributed by atoms with Crippen LogP contribution in [0, 0.1) is 12.8 Å². The molecule has 2 amide bonds. The Kier molecular flexibility index (Phi) is 7.68. The van der Waals surface area contributed by atoms with Gasteiger partial charge >= 0.3 is 0 Å². The van der Waals surface area contributed by atoms with Gasteiger partial charge in [0.1, 0.15) is 42.1 Å². The molecule has 4 heterocycles. The lowest BCUT2D eigenvalue weighted by Crippen LogP contribution is -2.51. The third-order valence-electron chi connectivity index (χ3n) is 8.22. The monoisotopic (exact) mass is 573 g/mol. The number of aryl methyl sites for hydroxylation is 1. The topological polar surface area (TPSA) is 125 Å². The van der Waals surface area contributed by atoms with Crippen LogP contribution in [0.1, 0.15) is 37.7 Å². The van der Waals surface area contributed by atoms with Crippen LogP contribution in [0.4, 0.5) is 0 Å². The van der Waals surface area contributed by atoms with Crippen molar-refractivity contribution in [3.63, 3.8) is 0 Å². The summed E-state index contributed by atoms with van der Waals surface area (Å²) in [6.07, 6.45) is 11.5. The SMILES string of the molecule is COc1ccc2c(O[C@@H]3C[C@H]4C(=O)N[C@]5(C=O)C[C@H]5/C=C\CCCCOCC(=O)N4C3)cc(-n3cc(C)cn3)nc2c1. The largest absolute Gasteiger partial charge is 0.497 e. The van der Waals surface area contributed by atoms with Crippen LogP contribution in [0.25, 0.3) is 16.7 Å². The van der Waals surface area contributed by atoms with Gasteiger partial charge in [-0.05, 0) is 50.3 Å². The lowest BCUT2D eigenvalue weighted by molar-refractivity contribution is -0.142. The first-order valence-corrected chi connectivity index (χ1v) is 14.4. The first kappa shape index (κ1) is 27.9. The van der Waals surface area contributed by atoms with E-state index in [0.29, 0.717) is 35.9 Å². The number of nitrogens with zero attached hydrogens (tertiary/aromatic N) is 4. The number of allylic oxidation sites excluding steroid dienone is 1. The Balaban J connectivity index is 1.29. The van der Waals surface area contributed by atoms with Crippen molar-refractivity contribution in [1.82, 2.24) is 25.0 Å². The van der Waals surface area contributed by atoms with Crippen molar-refractivity contribution >= 4 is 29.0 Å². The number of hydrogen-bond acceptors (Lipinski definition) is 8. The fourth-order valence-corrected chi connectivity index (χ4v) is 5.76. The van der Waals surface area contributed by atoms with Crippen LogP contribution in [-0.2, 0) is 19.1 Å². The molecule has 11 nitrogen and oxygen atoms in total. The number of carbonyl (C=O) groups is 3. The van der Waals surface area contributed by atoms with E-state index in [1.165, 1.54) is 4.90 Å². The van der Waals surface area contributed by atoms with E-state index in [0.717, 1.165) is 36.5 Å². The fourth-order valence-electron chi connectivity index (χ4n) is 5.76. The highest BCUT2D eigenvalue weighted by atomic mass is 16.5. The smallest absolute Gasteiger partial charge is 0.249 e. The van der Waals surface area contributed by atoms with Gasteiger partial charge in [0.05, 0.1) is 25.4 Å². The van der Waals surface area contributed by atoms with Crippen molar-refractivity contribution in [2.45, 2.75) is 56.7 Å². The molecule has 2 aromatic heterocycles. The van der Waals surface area contributed by atoms with Crippen molar-refractivity contribution < 1.29 is 28.6 Å². The zero-order chi connectivity index (χ0) is 29.3. The molecule has 0 bridgehead atoms. The van der Waals surface area contributed by atoms with Crippen molar-refractivity contribution in [3.8, 4) is 17.3 Å². The number of rotatable bonds is 5. The number of pyridine rings is 1. The van der Waals surface area contributed by atoms with Gasteiger partial charge in [0.15, 0.2) is 5.82 Å². The number of aldehydes is 1. The lowest BCUT2D eigenvalue weighted by atomic mass is 10.1. The number of methoxy groups -OCH3 is 1. The highest BCUT2D eigenvalue weighted by molar-refractivity contribution is 5.92. The summed E-state index contributed by atoms with van der Waals surface area (Å²) < 4.78 is 19.3.